The first-order valence-electron chi connectivity index (χ1n) is 8.29. The number of aromatic nitrogens is 2. The number of nitrogens with zero attached hydrogens (tertiary/aromatic N) is 2. The maximum absolute atomic E-state index is 12.6. The molecule has 128 valence electrons. The molecule has 24 heavy (non-hydrogen) atoms. The molecule has 2 aromatic rings. The van der Waals surface area contributed by atoms with Crippen LogP contribution < -0.4 is 5.32 Å². The minimum Gasteiger partial charge on any atom is -0.325 e. The van der Waals surface area contributed by atoms with Crippen molar-refractivity contribution in [1.82, 2.24) is 9.97 Å². The fourth-order valence-corrected chi connectivity index (χ4v) is 3.42. The standard InChI is InChI=1S/C19H25N3OS/c1-6-12(2)16-9-7-8-10-17(16)22-19(23)14(4)24-18-11-13(3)20-15(5)21-18/h7-12,14H,6H2,1-5H3,(H,22,23)/t12-,14-/m1/s1. The molecular weight excluding hydrogens is 318 g/mol. The van der Waals surface area contributed by atoms with Gasteiger partial charge in [0.1, 0.15) is 10.9 Å². The number of hydrogen-bond acceptors (Lipinski definition) is 4. The molecule has 0 unspecified atom stereocenters. The first-order chi connectivity index (χ1) is 11.4. The highest BCUT2D eigenvalue weighted by Crippen LogP contribution is 2.28. The van der Waals surface area contributed by atoms with Crippen LogP contribution in [0.3, 0.4) is 0 Å². The van der Waals surface area contributed by atoms with Gasteiger partial charge in [-0.25, -0.2) is 9.97 Å². The molecule has 1 aromatic carbocycles. The van der Waals surface area contributed by atoms with Gasteiger partial charge in [0.05, 0.1) is 5.25 Å². The van der Waals surface area contributed by atoms with E-state index in [0.717, 1.165) is 28.7 Å². The normalized spacial score (nSPS) is 13.4. The third-order valence-electron chi connectivity index (χ3n) is 3.97. The molecule has 0 radical (unpaired) electrons. The van der Waals surface area contributed by atoms with Crippen molar-refractivity contribution in [1.29, 1.82) is 0 Å². The van der Waals surface area contributed by atoms with Gasteiger partial charge in [-0.1, -0.05) is 43.8 Å². The van der Waals surface area contributed by atoms with Crippen LogP contribution in [0, 0.1) is 13.8 Å². The molecule has 0 bridgehead atoms. The van der Waals surface area contributed by atoms with Crippen LogP contribution in [-0.2, 0) is 4.79 Å². The molecule has 1 heterocycles. The fraction of sp³-hybridized carbons (Fsp3) is 0.421. The van der Waals surface area contributed by atoms with Gasteiger partial charge in [0.2, 0.25) is 5.91 Å². The Morgan fingerprint density at radius 1 is 1.21 bits per heavy atom. The summed E-state index contributed by atoms with van der Waals surface area (Å²) >= 11 is 1.46. The molecule has 2 rings (SSSR count). The van der Waals surface area contributed by atoms with E-state index in [1.165, 1.54) is 17.3 Å². The molecule has 4 nitrogen and oxygen atoms in total. The van der Waals surface area contributed by atoms with Crippen LogP contribution in [-0.4, -0.2) is 21.1 Å². The zero-order valence-corrected chi connectivity index (χ0v) is 15.8. The fourth-order valence-electron chi connectivity index (χ4n) is 2.47. The van der Waals surface area contributed by atoms with Gasteiger partial charge in [0.25, 0.3) is 0 Å². The highest BCUT2D eigenvalue weighted by Gasteiger charge is 2.18. The van der Waals surface area contributed by atoms with E-state index in [1.807, 2.05) is 45.0 Å². The molecule has 0 aliphatic heterocycles. The lowest BCUT2D eigenvalue weighted by atomic mass is 9.97. The van der Waals surface area contributed by atoms with Gasteiger partial charge >= 0.3 is 0 Å². The van der Waals surface area contributed by atoms with Gasteiger partial charge < -0.3 is 5.32 Å². The average Bonchev–Trinajstić information content (AvgIpc) is 2.53. The summed E-state index contributed by atoms with van der Waals surface area (Å²) < 4.78 is 0. The highest BCUT2D eigenvalue weighted by atomic mass is 32.2. The summed E-state index contributed by atoms with van der Waals surface area (Å²) in [6, 6.07) is 9.93. The predicted molar refractivity (Wildman–Crippen MR) is 101 cm³/mol. The van der Waals surface area contributed by atoms with Crippen LogP contribution in [0.15, 0.2) is 35.4 Å². The number of rotatable bonds is 6. The molecule has 2 atom stereocenters. The van der Waals surface area contributed by atoms with E-state index in [4.69, 9.17) is 0 Å². The van der Waals surface area contributed by atoms with Gasteiger partial charge in [0.15, 0.2) is 0 Å². The summed E-state index contributed by atoms with van der Waals surface area (Å²) in [6.45, 7) is 10.0. The van der Waals surface area contributed by atoms with Crippen LogP contribution in [0.1, 0.15) is 50.2 Å². The van der Waals surface area contributed by atoms with Gasteiger partial charge in [0, 0.05) is 11.4 Å². The SMILES string of the molecule is CC[C@@H](C)c1ccccc1NC(=O)[C@@H](C)Sc1cc(C)nc(C)n1. The second-order valence-corrected chi connectivity index (χ2v) is 7.40. The molecule has 0 aliphatic rings. The van der Waals surface area contributed by atoms with E-state index in [2.05, 4.69) is 35.2 Å². The van der Waals surface area contributed by atoms with Crippen molar-refractivity contribution in [2.75, 3.05) is 5.32 Å². The number of anilines is 1. The highest BCUT2D eigenvalue weighted by molar-refractivity contribution is 8.00. The molecule has 0 saturated heterocycles. The lowest BCUT2D eigenvalue weighted by molar-refractivity contribution is -0.115. The summed E-state index contributed by atoms with van der Waals surface area (Å²) in [5, 5.41) is 3.67. The van der Waals surface area contributed by atoms with Gasteiger partial charge in [-0.3, -0.25) is 4.79 Å². The number of carbonyl (C=O) groups excluding carboxylic acids is 1. The van der Waals surface area contributed by atoms with E-state index in [1.54, 1.807) is 0 Å². The quantitative estimate of drug-likeness (QED) is 0.609. The second kappa shape index (κ2) is 8.29. The van der Waals surface area contributed by atoms with Crippen LogP contribution >= 0.6 is 11.8 Å². The maximum atomic E-state index is 12.6. The van der Waals surface area contributed by atoms with Crippen molar-refractivity contribution >= 4 is 23.4 Å². The summed E-state index contributed by atoms with van der Waals surface area (Å²) in [5.74, 6) is 1.13. The van der Waals surface area contributed by atoms with E-state index < -0.39 is 0 Å². The van der Waals surface area contributed by atoms with Crippen LogP contribution in [0.25, 0.3) is 0 Å². The van der Waals surface area contributed by atoms with Crippen LogP contribution in [0.2, 0.25) is 0 Å². The monoisotopic (exact) mass is 343 g/mol. The van der Waals surface area contributed by atoms with Crippen molar-refractivity contribution < 1.29 is 4.79 Å². The molecular formula is C19H25N3OS. The van der Waals surface area contributed by atoms with Gasteiger partial charge in [-0.15, -0.1) is 0 Å². The molecule has 0 fully saturated rings. The molecule has 5 heteroatoms. The third-order valence-corrected chi connectivity index (χ3v) is 4.99. The van der Waals surface area contributed by atoms with Gasteiger partial charge in [-0.05, 0) is 50.8 Å². The topological polar surface area (TPSA) is 54.9 Å². The lowest BCUT2D eigenvalue weighted by Gasteiger charge is -2.17. The first-order valence-corrected chi connectivity index (χ1v) is 9.17. The third kappa shape index (κ3) is 4.81. The Kier molecular flexibility index (Phi) is 6.37. The first kappa shape index (κ1) is 18.5. The van der Waals surface area contributed by atoms with Crippen molar-refractivity contribution in [3.63, 3.8) is 0 Å². The number of para-hydroxylation sites is 1. The summed E-state index contributed by atoms with van der Waals surface area (Å²) in [5.41, 5.74) is 3.00. The molecule has 0 aliphatic carbocycles. The van der Waals surface area contributed by atoms with E-state index in [9.17, 15) is 4.79 Å². The Labute approximate surface area is 148 Å². The van der Waals surface area contributed by atoms with Crippen molar-refractivity contribution in [2.45, 2.75) is 57.2 Å². The molecule has 0 saturated carbocycles. The number of aryl methyl sites for hydroxylation is 2. The van der Waals surface area contributed by atoms with Crippen molar-refractivity contribution in [3.8, 4) is 0 Å². The Bertz CT molecular complexity index is 697. The summed E-state index contributed by atoms with van der Waals surface area (Å²) in [4.78, 5) is 21.2. The Balaban J connectivity index is 2.09. The number of benzene rings is 1. The average molecular weight is 343 g/mol. The minimum absolute atomic E-state index is 0.00956. The maximum Gasteiger partial charge on any atom is 0.237 e. The van der Waals surface area contributed by atoms with Crippen LogP contribution in [0.5, 0.6) is 0 Å². The molecule has 1 amide bonds. The number of thioether (sulfide) groups is 1. The Hall–Kier alpha value is -1.88. The van der Waals surface area contributed by atoms with Crippen molar-refractivity contribution in [2.24, 2.45) is 0 Å². The van der Waals surface area contributed by atoms with Crippen LogP contribution in [0.4, 0.5) is 5.69 Å². The predicted octanol–water partition coefficient (Wildman–Crippen LogP) is 4.73. The Morgan fingerprint density at radius 3 is 2.58 bits per heavy atom. The number of amides is 1. The van der Waals surface area contributed by atoms with Gasteiger partial charge in [-0.2, -0.15) is 0 Å². The number of carbonyl (C=O) groups is 1. The zero-order valence-electron chi connectivity index (χ0n) is 15.0. The largest absolute Gasteiger partial charge is 0.325 e. The lowest BCUT2D eigenvalue weighted by Crippen LogP contribution is -2.23. The molecule has 1 aromatic heterocycles. The molecule has 0 spiro atoms. The van der Waals surface area contributed by atoms with E-state index in [-0.39, 0.29) is 11.2 Å². The van der Waals surface area contributed by atoms with Crippen molar-refractivity contribution in [3.05, 3.63) is 47.4 Å². The smallest absolute Gasteiger partial charge is 0.237 e. The van der Waals surface area contributed by atoms with E-state index in [0.29, 0.717) is 5.92 Å². The summed E-state index contributed by atoms with van der Waals surface area (Å²) in [6.07, 6.45) is 1.04. The number of hydrogen-bond donors (Lipinski definition) is 1. The second-order valence-electron chi connectivity index (χ2n) is 6.04. The Morgan fingerprint density at radius 2 is 1.92 bits per heavy atom. The minimum atomic E-state index is -0.233. The summed E-state index contributed by atoms with van der Waals surface area (Å²) in [7, 11) is 0. The molecule has 1 N–H and O–H groups in total. The van der Waals surface area contributed by atoms with E-state index >= 15 is 0 Å². The zero-order chi connectivity index (χ0) is 17.7. The number of nitrogens with one attached hydrogen (secondary N) is 1.